The van der Waals surface area contributed by atoms with E-state index in [9.17, 15) is 18.3 Å². The number of sulfonamides is 1. The molecule has 3 aromatic carbocycles. The molecule has 0 aliphatic heterocycles. The van der Waals surface area contributed by atoms with Crippen LogP contribution in [-0.4, -0.2) is 19.4 Å². The van der Waals surface area contributed by atoms with Crippen molar-refractivity contribution in [2.45, 2.75) is 18.4 Å². The van der Waals surface area contributed by atoms with Gasteiger partial charge in [-0.2, -0.15) is 4.31 Å². The molecule has 3 aromatic rings. The maximum absolute atomic E-state index is 13.4. The fraction of sp³-hybridized carbons (Fsp3) is 0.0952. The van der Waals surface area contributed by atoms with Crippen LogP contribution in [0.4, 0.5) is 11.4 Å². The van der Waals surface area contributed by atoms with Gasteiger partial charge in [-0.25, -0.2) is 8.42 Å². The van der Waals surface area contributed by atoms with Crippen LogP contribution in [0.3, 0.4) is 0 Å². The summed E-state index contributed by atoms with van der Waals surface area (Å²) in [7, 11) is -4.25. The number of aliphatic hydroxyl groups is 1. The summed E-state index contributed by atoms with van der Waals surface area (Å²) in [6, 6.07) is 18.8. The van der Waals surface area contributed by atoms with Crippen LogP contribution in [0.2, 0.25) is 0 Å². The third-order valence-corrected chi connectivity index (χ3v) is 6.03. The van der Waals surface area contributed by atoms with Crippen molar-refractivity contribution in [2.24, 2.45) is 0 Å². The molecule has 0 spiro atoms. The zero-order valence-electron chi connectivity index (χ0n) is 15.2. The molecule has 1 amide bonds. The summed E-state index contributed by atoms with van der Waals surface area (Å²) in [5, 5.41) is 9.69. The molecule has 0 aliphatic carbocycles. The molecule has 0 atom stereocenters. The van der Waals surface area contributed by atoms with E-state index in [1.165, 1.54) is 30.3 Å². The van der Waals surface area contributed by atoms with Crippen LogP contribution in [0.15, 0.2) is 77.7 Å². The SMILES string of the molecule is Cc1ccc(S(=O)(=O)N(C(=O)c2ccccc2N)c2ccccc2CO)cc1. The summed E-state index contributed by atoms with van der Waals surface area (Å²) in [5.41, 5.74) is 7.42. The minimum Gasteiger partial charge on any atom is -0.398 e. The van der Waals surface area contributed by atoms with Crippen molar-refractivity contribution in [3.05, 3.63) is 89.5 Å². The van der Waals surface area contributed by atoms with Crippen LogP contribution >= 0.6 is 0 Å². The third-order valence-electron chi connectivity index (χ3n) is 4.32. The number of nitrogen functional groups attached to an aromatic ring is 1. The lowest BCUT2D eigenvalue weighted by molar-refractivity contribution is 0.101. The van der Waals surface area contributed by atoms with Gasteiger partial charge in [0.1, 0.15) is 0 Å². The highest BCUT2D eigenvalue weighted by Crippen LogP contribution is 2.30. The van der Waals surface area contributed by atoms with Gasteiger partial charge in [-0.05, 0) is 37.3 Å². The number of hydrogen-bond acceptors (Lipinski definition) is 5. The van der Waals surface area contributed by atoms with E-state index >= 15 is 0 Å². The second-order valence-electron chi connectivity index (χ2n) is 6.26. The summed E-state index contributed by atoms with van der Waals surface area (Å²) < 4.78 is 27.5. The van der Waals surface area contributed by atoms with Gasteiger partial charge in [0.25, 0.3) is 15.9 Å². The van der Waals surface area contributed by atoms with E-state index in [0.29, 0.717) is 9.87 Å². The van der Waals surface area contributed by atoms with Crippen molar-refractivity contribution in [1.82, 2.24) is 0 Å². The Bertz CT molecular complexity index is 1110. The van der Waals surface area contributed by atoms with Gasteiger partial charge in [-0.15, -0.1) is 0 Å². The molecule has 3 N–H and O–H groups in total. The van der Waals surface area contributed by atoms with Crippen molar-refractivity contribution < 1.29 is 18.3 Å². The van der Waals surface area contributed by atoms with E-state index in [0.717, 1.165) is 5.56 Å². The average molecular weight is 396 g/mol. The van der Waals surface area contributed by atoms with E-state index in [4.69, 9.17) is 5.73 Å². The van der Waals surface area contributed by atoms with Crippen molar-refractivity contribution in [3.8, 4) is 0 Å². The molecule has 0 aliphatic rings. The normalized spacial score (nSPS) is 11.2. The zero-order valence-corrected chi connectivity index (χ0v) is 16.1. The molecule has 0 saturated heterocycles. The molecule has 0 aromatic heterocycles. The highest BCUT2D eigenvalue weighted by atomic mass is 32.2. The van der Waals surface area contributed by atoms with Crippen LogP contribution in [0.5, 0.6) is 0 Å². The van der Waals surface area contributed by atoms with Gasteiger partial charge in [0.15, 0.2) is 0 Å². The molecule has 0 radical (unpaired) electrons. The van der Waals surface area contributed by atoms with Crippen LogP contribution in [-0.2, 0) is 16.6 Å². The maximum atomic E-state index is 13.4. The summed E-state index contributed by atoms with van der Waals surface area (Å²) in [6.07, 6.45) is 0. The monoisotopic (exact) mass is 396 g/mol. The lowest BCUT2D eigenvalue weighted by Gasteiger charge is -2.25. The smallest absolute Gasteiger partial charge is 0.274 e. The Hall–Kier alpha value is -3.16. The van der Waals surface area contributed by atoms with Gasteiger partial charge in [0.05, 0.1) is 22.8 Å². The molecule has 3 rings (SSSR count). The van der Waals surface area contributed by atoms with Gasteiger partial charge >= 0.3 is 0 Å². The van der Waals surface area contributed by atoms with Crippen molar-refractivity contribution in [1.29, 1.82) is 0 Å². The fourth-order valence-corrected chi connectivity index (χ4v) is 4.25. The molecule has 0 saturated carbocycles. The summed E-state index contributed by atoms with van der Waals surface area (Å²) in [6.45, 7) is 1.42. The molecular weight excluding hydrogens is 376 g/mol. The van der Waals surface area contributed by atoms with Crippen molar-refractivity contribution in [3.63, 3.8) is 0 Å². The van der Waals surface area contributed by atoms with Gasteiger partial charge in [-0.1, -0.05) is 48.0 Å². The lowest BCUT2D eigenvalue weighted by atomic mass is 10.1. The molecular formula is C21H20N2O4S. The second-order valence-corrected chi connectivity index (χ2v) is 8.05. The van der Waals surface area contributed by atoms with Gasteiger partial charge in [0.2, 0.25) is 0 Å². The molecule has 0 fully saturated rings. The summed E-state index contributed by atoms with van der Waals surface area (Å²) in [5.74, 6) is -0.792. The number of carbonyl (C=O) groups excluding carboxylic acids is 1. The molecule has 0 heterocycles. The molecule has 0 bridgehead atoms. The Labute approximate surface area is 163 Å². The number of para-hydroxylation sites is 2. The average Bonchev–Trinajstić information content (AvgIpc) is 2.69. The predicted molar refractivity (Wildman–Crippen MR) is 108 cm³/mol. The zero-order chi connectivity index (χ0) is 20.3. The highest BCUT2D eigenvalue weighted by molar-refractivity contribution is 7.93. The number of benzene rings is 3. The van der Waals surface area contributed by atoms with Gasteiger partial charge in [0, 0.05) is 11.3 Å². The Morgan fingerprint density at radius 2 is 1.57 bits per heavy atom. The number of carbonyl (C=O) groups is 1. The topological polar surface area (TPSA) is 101 Å². The van der Waals surface area contributed by atoms with Crippen LogP contribution in [0.1, 0.15) is 21.5 Å². The number of amides is 1. The number of anilines is 2. The fourth-order valence-electron chi connectivity index (χ4n) is 2.81. The van der Waals surface area contributed by atoms with Crippen LogP contribution in [0.25, 0.3) is 0 Å². The van der Waals surface area contributed by atoms with Crippen molar-refractivity contribution in [2.75, 3.05) is 10.0 Å². The Kier molecular flexibility index (Phi) is 5.48. The van der Waals surface area contributed by atoms with E-state index < -0.39 is 22.5 Å². The molecule has 28 heavy (non-hydrogen) atoms. The number of nitrogens with two attached hydrogens (primary N) is 1. The van der Waals surface area contributed by atoms with E-state index in [2.05, 4.69) is 0 Å². The highest BCUT2D eigenvalue weighted by Gasteiger charge is 2.33. The number of nitrogens with zero attached hydrogens (tertiary/aromatic N) is 1. The van der Waals surface area contributed by atoms with Crippen molar-refractivity contribution >= 4 is 27.3 Å². The standard InChI is InChI=1S/C21H20N2O4S/c1-15-10-12-17(13-11-15)28(26,27)23(20-9-5-2-6-16(20)14-24)21(25)18-7-3-4-8-19(18)22/h2-13,24H,14,22H2,1H3. The summed E-state index contributed by atoms with van der Waals surface area (Å²) >= 11 is 0. The predicted octanol–water partition coefficient (Wildman–Crippen LogP) is 3.11. The first-order valence-electron chi connectivity index (χ1n) is 8.56. The number of aliphatic hydroxyl groups excluding tert-OH is 1. The second kappa shape index (κ2) is 7.84. The first kappa shape index (κ1) is 19.6. The van der Waals surface area contributed by atoms with Crippen LogP contribution in [0, 0.1) is 6.92 Å². The largest absolute Gasteiger partial charge is 0.398 e. The molecule has 6 nitrogen and oxygen atoms in total. The minimum atomic E-state index is -4.25. The van der Waals surface area contributed by atoms with Gasteiger partial charge < -0.3 is 10.8 Å². The van der Waals surface area contributed by atoms with E-state index in [-0.39, 0.29) is 21.8 Å². The summed E-state index contributed by atoms with van der Waals surface area (Å²) in [4.78, 5) is 13.3. The Balaban J connectivity index is 2.24. The third kappa shape index (κ3) is 3.62. The number of rotatable bonds is 5. The molecule has 0 unspecified atom stereocenters. The Morgan fingerprint density at radius 1 is 0.964 bits per heavy atom. The van der Waals surface area contributed by atoms with E-state index in [1.54, 1.807) is 42.5 Å². The first-order valence-corrected chi connectivity index (χ1v) is 10.00. The van der Waals surface area contributed by atoms with Gasteiger partial charge in [-0.3, -0.25) is 4.79 Å². The maximum Gasteiger partial charge on any atom is 0.274 e. The van der Waals surface area contributed by atoms with Crippen LogP contribution < -0.4 is 10.0 Å². The molecule has 7 heteroatoms. The van der Waals surface area contributed by atoms with E-state index in [1.807, 2.05) is 6.92 Å². The number of hydrogen-bond donors (Lipinski definition) is 2. The minimum absolute atomic E-state index is 0.0336. The first-order chi connectivity index (χ1) is 13.4. The quantitative estimate of drug-likeness (QED) is 0.646. The molecule has 144 valence electrons. The lowest BCUT2D eigenvalue weighted by Crippen LogP contribution is -2.38. The number of aryl methyl sites for hydroxylation is 1. The Morgan fingerprint density at radius 3 is 2.21 bits per heavy atom.